The summed E-state index contributed by atoms with van der Waals surface area (Å²) in [6.45, 7) is 13.8. The summed E-state index contributed by atoms with van der Waals surface area (Å²) in [5.41, 5.74) is 0.430. The summed E-state index contributed by atoms with van der Waals surface area (Å²) in [7, 11) is 0. The van der Waals surface area contributed by atoms with Crippen LogP contribution in [0, 0.1) is 18.3 Å². The molecule has 0 aliphatic rings. The van der Waals surface area contributed by atoms with Gasteiger partial charge in [0.1, 0.15) is 17.7 Å². The van der Waals surface area contributed by atoms with Gasteiger partial charge in [-0.05, 0) is 51.2 Å². The van der Waals surface area contributed by atoms with Gasteiger partial charge in [0.25, 0.3) is 0 Å². The van der Waals surface area contributed by atoms with Crippen LogP contribution in [0.4, 0.5) is 4.79 Å². The second-order valence-corrected chi connectivity index (χ2v) is 9.68. The molecule has 0 aliphatic carbocycles. The molecule has 0 aromatic heterocycles. The first-order chi connectivity index (χ1) is 16.0. The summed E-state index contributed by atoms with van der Waals surface area (Å²) in [5, 5.41) is 5.67. The monoisotopic (exact) mass is 471 g/mol. The molecule has 0 saturated heterocycles. The van der Waals surface area contributed by atoms with Crippen LogP contribution in [0.5, 0.6) is 0 Å². The van der Waals surface area contributed by atoms with Crippen LogP contribution in [-0.4, -0.2) is 47.5 Å². The minimum absolute atomic E-state index is 0.231. The Morgan fingerprint density at radius 3 is 2.29 bits per heavy atom. The van der Waals surface area contributed by atoms with E-state index in [4.69, 9.17) is 11.2 Å². The molecule has 2 unspecified atom stereocenters. The average molecular weight is 472 g/mol. The highest BCUT2D eigenvalue weighted by Crippen LogP contribution is 2.27. The van der Waals surface area contributed by atoms with Crippen LogP contribution in [0.2, 0.25) is 0 Å². The third kappa shape index (κ3) is 8.74. The van der Waals surface area contributed by atoms with Gasteiger partial charge in [-0.15, -0.1) is 6.42 Å². The van der Waals surface area contributed by atoms with Gasteiger partial charge in [-0.2, -0.15) is 0 Å². The predicted molar refractivity (Wildman–Crippen MR) is 135 cm³/mol. The number of nitrogens with zero attached hydrogens (tertiary/aromatic N) is 1. The third-order valence-corrected chi connectivity index (χ3v) is 5.15. The molecule has 2 N–H and O–H groups in total. The lowest BCUT2D eigenvalue weighted by Gasteiger charge is -2.35. The van der Waals surface area contributed by atoms with E-state index in [1.54, 1.807) is 45.0 Å². The van der Waals surface area contributed by atoms with Gasteiger partial charge in [-0.25, -0.2) is 4.79 Å². The zero-order valence-electron chi connectivity index (χ0n) is 21.7. The summed E-state index contributed by atoms with van der Waals surface area (Å²) >= 11 is 0. The number of carbonyl (C=O) groups is 3. The van der Waals surface area contributed by atoms with E-state index in [0.717, 1.165) is 12.8 Å². The number of hydrogen-bond acceptors (Lipinski definition) is 4. The number of nitrogens with one attached hydrogen (secondary N) is 2. The molecule has 0 saturated carbocycles. The highest BCUT2D eigenvalue weighted by atomic mass is 16.6. The lowest BCUT2D eigenvalue weighted by Crippen LogP contribution is -2.55. The van der Waals surface area contributed by atoms with Gasteiger partial charge in [0.2, 0.25) is 11.8 Å². The van der Waals surface area contributed by atoms with Crippen LogP contribution in [0.15, 0.2) is 24.3 Å². The Morgan fingerprint density at radius 2 is 1.76 bits per heavy atom. The van der Waals surface area contributed by atoms with Crippen molar-refractivity contribution in [1.82, 2.24) is 15.5 Å². The van der Waals surface area contributed by atoms with E-state index >= 15 is 0 Å². The van der Waals surface area contributed by atoms with E-state index in [-0.39, 0.29) is 17.7 Å². The van der Waals surface area contributed by atoms with Crippen molar-refractivity contribution in [3.05, 3.63) is 35.4 Å². The van der Waals surface area contributed by atoms with E-state index in [9.17, 15) is 14.4 Å². The van der Waals surface area contributed by atoms with Gasteiger partial charge in [0.05, 0.1) is 0 Å². The molecule has 0 bridgehead atoms. The number of carbonyl (C=O) groups excluding carboxylic acids is 3. The van der Waals surface area contributed by atoms with Gasteiger partial charge < -0.3 is 20.3 Å². The molecule has 1 aromatic carbocycles. The highest BCUT2D eigenvalue weighted by molar-refractivity contribution is 5.92. The Bertz CT molecular complexity index is 867. The number of amides is 3. The van der Waals surface area contributed by atoms with E-state index < -0.39 is 23.8 Å². The van der Waals surface area contributed by atoms with Crippen molar-refractivity contribution in [1.29, 1.82) is 0 Å². The molecule has 0 fully saturated rings. The molecule has 2 atom stereocenters. The number of rotatable bonds is 11. The number of ether oxygens (including phenoxy) is 1. The maximum absolute atomic E-state index is 13.8. The Hall–Kier alpha value is -3.01. The van der Waals surface area contributed by atoms with Crippen LogP contribution in [0.25, 0.3) is 0 Å². The van der Waals surface area contributed by atoms with Crippen LogP contribution in [-0.2, 0) is 14.3 Å². The molecule has 0 radical (unpaired) electrons. The van der Waals surface area contributed by atoms with Crippen molar-refractivity contribution in [2.45, 2.75) is 85.4 Å². The number of unbranched alkanes of at least 4 members (excludes halogenated alkanes) is 1. The van der Waals surface area contributed by atoms with Gasteiger partial charge in [-0.1, -0.05) is 58.2 Å². The second kappa shape index (κ2) is 13.6. The fourth-order valence-corrected chi connectivity index (χ4v) is 3.54. The van der Waals surface area contributed by atoms with Crippen molar-refractivity contribution in [3.8, 4) is 12.3 Å². The summed E-state index contributed by atoms with van der Waals surface area (Å²) in [6.07, 6.45) is 7.44. The standard InChI is InChI=1S/C27H41N3O4/c1-9-12-17-28-24(31)23(21-16-14-13-15-20(21)11-3)30(18-10-2)25(32)22(19(4)5)29-26(33)34-27(6,7)8/h3,13-16,19,22-23H,9-10,12,17-18H2,1-2,4-8H3,(H,28,31)(H,29,33). The third-order valence-electron chi connectivity index (χ3n) is 5.15. The molecule has 3 amide bonds. The Kier molecular flexibility index (Phi) is 11.6. The lowest BCUT2D eigenvalue weighted by atomic mass is 9.95. The normalized spacial score (nSPS) is 12.9. The predicted octanol–water partition coefficient (Wildman–Crippen LogP) is 4.41. The molecule has 7 nitrogen and oxygen atoms in total. The lowest BCUT2D eigenvalue weighted by molar-refractivity contribution is -0.143. The highest BCUT2D eigenvalue weighted by Gasteiger charge is 2.37. The quantitative estimate of drug-likeness (QED) is 0.370. The first-order valence-electron chi connectivity index (χ1n) is 12.1. The average Bonchev–Trinajstić information content (AvgIpc) is 2.75. The first kappa shape index (κ1) is 29.0. The van der Waals surface area contributed by atoms with Crippen molar-refractivity contribution >= 4 is 17.9 Å². The zero-order chi connectivity index (χ0) is 25.9. The minimum Gasteiger partial charge on any atom is -0.444 e. The minimum atomic E-state index is -0.918. The van der Waals surface area contributed by atoms with E-state index in [0.29, 0.717) is 30.6 Å². The largest absolute Gasteiger partial charge is 0.444 e. The van der Waals surface area contributed by atoms with Crippen molar-refractivity contribution in [2.24, 2.45) is 5.92 Å². The van der Waals surface area contributed by atoms with Crippen molar-refractivity contribution in [3.63, 3.8) is 0 Å². The zero-order valence-corrected chi connectivity index (χ0v) is 21.7. The SMILES string of the molecule is C#Cc1ccccc1C(C(=O)NCCCC)N(CCC)C(=O)C(NC(=O)OC(C)(C)C)C(C)C. The fraction of sp³-hybridized carbons (Fsp3) is 0.593. The van der Waals surface area contributed by atoms with Crippen LogP contribution >= 0.6 is 0 Å². The topological polar surface area (TPSA) is 87.7 Å². The van der Waals surface area contributed by atoms with E-state index in [1.165, 1.54) is 4.90 Å². The summed E-state index contributed by atoms with van der Waals surface area (Å²) in [5.74, 6) is 1.76. The molecule has 7 heteroatoms. The number of hydrogen-bond donors (Lipinski definition) is 2. The summed E-state index contributed by atoms with van der Waals surface area (Å²) in [6, 6.07) is 5.35. The first-order valence-corrected chi connectivity index (χ1v) is 12.1. The molecule has 1 aromatic rings. The number of terminal acetylenes is 1. The van der Waals surface area contributed by atoms with Crippen LogP contribution in [0.1, 0.15) is 84.9 Å². The smallest absolute Gasteiger partial charge is 0.408 e. The van der Waals surface area contributed by atoms with Gasteiger partial charge in [-0.3, -0.25) is 9.59 Å². The molecular weight excluding hydrogens is 430 g/mol. The van der Waals surface area contributed by atoms with Crippen molar-refractivity contribution < 1.29 is 19.1 Å². The van der Waals surface area contributed by atoms with Crippen LogP contribution in [0.3, 0.4) is 0 Å². The van der Waals surface area contributed by atoms with Gasteiger partial charge >= 0.3 is 6.09 Å². The molecular formula is C27H41N3O4. The van der Waals surface area contributed by atoms with Crippen LogP contribution < -0.4 is 10.6 Å². The van der Waals surface area contributed by atoms with E-state index in [2.05, 4.69) is 16.6 Å². The second-order valence-electron chi connectivity index (χ2n) is 9.68. The summed E-state index contributed by atoms with van der Waals surface area (Å²) < 4.78 is 5.38. The number of alkyl carbamates (subject to hydrolysis) is 1. The Morgan fingerprint density at radius 1 is 1.12 bits per heavy atom. The Labute approximate surface area is 205 Å². The molecule has 1 rings (SSSR count). The molecule has 0 heterocycles. The molecule has 188 valence electrons. The molecule has 0 spiro atoms. The fourth-order valence-electron chi connectivity index (χ4n) is 3.54. The van der Waals surface area contributed by atoms with E-state index in [1.807, 2.05) is 27.7 Å². The van der Waals surface area contributed by atoms with Crippen molar-refractivity contribution in [2.75, 3.05) is 13.1 Å². The maximum Gasteiger partial charge on any atom is 0.408 e. The molecule has 34 heavy (non-hydrogen) atoms. The van der Waals surface area contributed by atoms with Gasteiger partial charge in [0.15, 0.2) is 0 Å². The van der Waals surface area contributed by atoms with Gasteiger partial charge in [0, 0.05) is 18.7 Å². The number of benzene rings is 1. The summed E-state index contributed by atoms with van der Waals surface area (Å²) in [4.78, 5) is 41.3. The molecule has 0 aliphatic heterocycles. The maximum atomic E-state index is 13.8. The Balaban J connectivity index is 3.44.